The van der Waals surface area contributed by atoms with Crippen molar-refractivity contribution in [2.24, 2.45) is 10.4 Å². The molecule has 0 aliphatic heterocycles. The van der Waals surface area contributed by atoms with Crippen molar-refractivity contribution in [1.82, 2.24) is 20.5 Å². The first-order valence-corrected chi connectivity index (χ1v) is 10.7. The summed E-state index contributed by atoms with van der Waals surface area (Å²) < 4.78 is 0. The predicted octanol–water partition coefficient (Wildman–Crippen LogP) is 3.14. The van der Waals surface area contributed by atoms with E-state index in [-0.39, 0.29) is 16.7 Å². The molecule has 1 aromatic heterocycles. The summed E-state index contributed by atoms with van der Waals surface area (Å²) in [5.41, 5.74) is 0.748. The number of hydrogen-bond donors (Lipinski definition) is 2. The van der Waals surface area contributed by atoms with Gasteiger partial charge in [-0.05, 0) is 19.8 Å². The Hall–Kier alpha value is -1.63. The molecule has 0 unspecified atom stereocenters. The van der Waals surface area contributed by atoms with Gasteiger partial charge < -0.3 is 15.5 Å². The Labute approximate surface area is 167 Å². The fourth-order valence-corrected chi connectivity index (χ4v) is 4.37. The van der Waals surface area contributed by atoms with Crippen molar-refractivity contribution in [3.05, 3.63) is 16.1 Å². The Morgan fingerprint density at radius 3 is 2.48 bits per heavy atom. The van der Waals surface area contributed by atoms with Crippen LogP contribution in [-0.4, -0.2) is 48.9 Å². The molecule has 0 atom stereocenters. The Balaban J connectivity index is 2.04. The van der Waals surface area contributed by atoms with Crippen molar-refractivity contribution in [2.45, 2.75) is 65.3 Å². The van der Waals surface area contributed by atoms with Crippen molar-refractivity contribution in [3.63, 3.8) is 0 Å². The van der Waals surface area contributed by atoms with Gasteiger partial charge in [-0.1, -0.05) is 33.6 Å². The summed E-state index contributed by atoms with van der Waals surface area (Å²) >= 11 is 1.69. The largest absolute Gasteiger partial charge is 0.357 e. The molecule has 1 aliphatic carbocycles. The zero-order chi connectivity index (χ0) is 20.1. The first-order valence-electron chi connectivity index (χ1n) is 9.87. The summed E-state index contributed by atoms with van der Waals surface area (Å²) in [5.74, 6) is 0.971. The number of thiazole rings is 1. The monoisotopic (exact) mass is 393 g/mol. The number of carbonyl (C=O) groups is 1. The van der Waals surface area contributed by atoms with Crippen LogP contribution in [0.25, 0.3) is 0 Å². The van der Waals surface area contributed by atoms with Crippen LogP contribution in [-0.2, 0) is 16.8 Å². The van der Waals surface area contributed by atoms with E-state index < -0.39 is 0 Å². The third-order valence-electron chi connectivity index (χ3n) is 4.95. The van der Waals surface area contributed by atoms with Crippen LogP contribution in [0.3, 0.4) is 0 Å². The maximum absolute atomic E-state index is 12.7. The number of hydrogen-bond acceptors (Lipinski definition) is 4. The number of aliphatic imine (C=N–C) groups is 1. The van der Waals surface area contributed by atoms with E-state index >= 15 is 0 Å². The molecule has 1 amide bonds. The molecule has 1 fully saturated rings. The third-order valence-corrected chi connectivity index (χ3v) is 6.27. The van der Waals surface area contributed by atoms with E-state index in [1.807, 2.05) is 21.0 Å². The quantitative estimate of drug-likeness (QED) is 0.575. The van der Waals surface area contributed by atoms with Crippen molar-refractivity contribution < 1.29 is 4.79 Å². The van der Waals surface area contributed by atoms with Gasteiger partial charge in [0, 0.05) is 38.0 Å². The molecule has 0 bridgehead atoms. The van der Waals surface area contributed by atoms with E-state index in [1.54, 1.807) is 16.2 Å². The SMILES string of the molecule is CCNC(=NCc1csc(C(C)(C)C)n1)NCC1(C(=O)N(C)C)CCCC1. The van der Waals surface area contributed by atoms with Crippen molar-refractivity contribution in [1.29, 1.82) is 0 Å². The van der Waals surface area contributed by atoms with Crippen LogP contribution in [0.1, 0.15) is 64.1 Å². The molecule has 1 heterocycles. The molecule has 6 nitrogen and oxygen atoms in total. The minimum atomic E-state index is -0.306. The third kappa shape index (κ3) is 5.67. The van der Waals surface area contributed by atoms with E-state index in [9.17, 15) is 4.79 Å². The second kappa shape index (κ2) is 9.04. The molecule has 152 valence electrons. The number of nitrogens with one attached hydrogen (secondary N) is 2. The molecule has 1 aromatic rings. The fraction of sp³-hybridized carbons (Fsp3) is 0.750. The van der Waals surface area contributed by atoms with Gasteiger partial charge in [-0.3, -0.25) is 4.79 Å². The topological polar surface area (TPSA) is 69.6 Å². The Bertz CT molecular complexity index is 654. The Morgan fingerprint density at radius 2 is 1.96 bits per heavy atom. The summed E-state index contributed by atoms with van der Waals surface area (Å²) in [7, 11) is 3.69. The van der Waals surface area contributed by atoms with E-state index in [0.29, 0.717) is 13.1 Å². The smallest absolute Gasteiger partial charge is 0.230 e. The highest BCUT2D eigenvalue weighted by molar-refractivity contribution is 7.09. The zero-order valence-electron chi connectivity index (χ0n) is 17.7. The summed E-state index contributed by atoms with van der Waals surface area (Å²) in [6, 6.07) is 0. The van der Waals surface area contributed by atoms with Crippen LogP contribution in [0.2, 0.25) is 0 Å². The van der Waals surface area contributed by atoms with E-state index in [4.69, 9.17) is 4.98 Å². The minimum absolute atomic E-state index is 0.0662. The van der Waals surface area contributed by atoms with E-state index in [0.717, 1.165) is 48.9 Å². The van der Waals surface area contributed by atoms with Gasteiger partial charge in [-0.15, -0.1) is 11.3 Å². The van der Waals surface area contributed by atoms with Crippen molar-refractivity contribution in [3.8, 4) is 0 Å². The highest BCUT2D eigenvalue weighted by Crippen LogP contribution is 2.38. The second-order valence-corrected chi connectivity index (χ2v) is 9.49. The molecular formula is C20H35N5OS. The highest BCUT2D eigenvalue weighted by atomic mass is 32.1. The summed E-state index contributed by atoms with van der Waals surface area (Å²) in [6.45, 7) is 10.5. The molecule has 27 heavy (non-hydrogen) atoms. The van der Waals surface area contributed by atoms with Gasteiger partial charge in [-0.2, -0.15) is 0 Å². The average Bonchev–Trinajstić information content (AvgIpc) is 3.26. The van der Waals surface area contributed by atoms with Gasteiger partial charge in [0.05, 0.1) is 22.7 Å². The number of nitrogens with zero attached hydrogens (tertiary/aromatic N) is 3. The lowest BCUT2D eigenvalue weighted by molar-refractivity contribution is -0.138. The lowest BCUT2D eigenvalue weighted by Crippen LogP contribution is -2.49. The summed E-state index contributed by atoms with van der Waals surface area (Å²) in [6.07, 6.45) is 4.11. The van der Waals surface area contributed by atoms with Gasteiger partial charge in [0.25, 0.3) is 0 Å². The van der Waals surface area contributed by atoms with Gasteiger partial charge in [0.1, 0.15) is 0 Å². The summed E-state index contributed by atoms with van der Waals surface area (Å²) in [5, 5.41) is 9.92. The minimum Gasteiger partial charge on any atom is -0.357 e. The van der Waals surface area contributed by atoms with Gasteiger partial charge >= 0.3 is 0 Å². The number of aromatic nitrogens is 1. The van der Waals surface area contributed by atoms with Crippen LogP contribution in [0, 0.1) is 5.41 Å². The molecule has 2 N–H and O–H groups in total. The number of rotatable bonds is 6. The summed E-state index contributed by atoms with van der Waals surface area (Å²) in [4.78, 5) is 23.9. The molecule has 0 saturated heterocycles. The van der Waals surface area contributed by atoms with Crippen LogP contribution >= 0.6 is 11.3 Å². The van der Waals surface area contributed by atoms with Crippen LogP contribution in [0.15, 0.2) is 10.4 Å². The molecule has 0 spiro atoms. The van der Waals surface area contributed by atoms with Gasteiger partial charge in [-0.25, -0.2) is 9.98 Å². The molecule has 1 saturated carbocycles. The van der Waals surface area contributed by atoms with Crippen LogP contribution in [0.4, 0.5) is 0 Å². The molecule has 0 aromatic carbocycles. The lowest BCUT2D eigenvalue weighted by Gasteiger charge is -2.31. The normalized spacial score (nSPS) is 17.0. The maximum Gasteiger partial charge on any atom is 0.230 e. The number of amides is 1. The van der Waals surface area contributed by atoms with Gasteiger partial charge in [0.2, 0.25) is 5.91 Å². The fourth-order valence-electron chi connectivity index (χ4n) is 3.47. The molecular weight excluding hydrogens is 358 g/mol. The van der Waals surface area contributed by atoms with Crippen LogP contribution in [0.5, 0.6) is 0 Å². The molecule has 7 heteroatoms. The van der Waals surface area contributed by atoms with E-state index in [1.165, 1.54) is 0 Å². The second-order valence-electron chi connectivity index (χ2n) is 8.63. The van der Waals surface area contributed by atoms with Crippen molar-refractivity contribution >= 4 is 23.2 Å². The first-order chi connectivity index (χ1) is 12.7. The zero-order valence-corrected chi connectivity index (χ0v) is 18.5. The Morgan fingerprint density at radius 1 is 1.30 bits per heavy atom. The number of guanidine groups is 1. The lowest BCUT2D eigenvalue weighted by atomic mass is 9.84. The molecule has 0 radical (unpaired) electrons. The van der Waals surface area contributed by atoms with Crippen LogP contribution < -0.4 is 10.6 Å². The van der Waals surface area contributed by atoms with Gasteiger partial charge in [0.15, 0.2) is 5.96 Å². The molecule has 2 rings (SSSR count). The Kier molecular flexibility index (Phi) is 7.25. The standard InChI is InChI=1S/C20H35N5OS/c1-7-21-18(22-12-15-13-27-16(24-15)19(2,3)4)23-14-20(10-8-9-11-20)17(26)25(5)6/h13H,7-12,14H2,1-6H3,(H2,21,22,23). The first kappa shape index (κ1) is 21.7. The molecule has 1 aliphatic rings. The van der Waals surface area contributed by atoms with E-state index in [2.05, 4.69) is 41.8 Å². The average molecular weight is 394 g/mol. The number of carbonyl (C=O) groups excluding carboxylic acids is 1. The van der Waals surface area contributed by atoms with Crippen molar-refractivity contribution in [2.75, 3.05) is 27.2 Å². The highest BCUT2D eigenvalue weighted by Gasteiger charge is 2.42. The maximum atomic E-state index is 12.7. The predicted molar refractivity (Wildman–Crippen MR) is 113 cm³/mol.